The third kappa shape index (κ3) is 1.82. The molecule has 1 saturated heterocycles. The normalized spacial score (nSPS) is 20.5. The molecule has 1 aliphatic rings. The predicted octanol–water partition coefficient (Wildman–Crippen LogP) is 1.46. The maximum Gasteiger partial charge on any atom is 0.229 e. The fourth-order valence-electron chi connectivity index (χ4n) is 1.88. The molecule has 17 heavy (non-hydrogen) atoms. The molecular weight excluding hydrogens is 401 g/mol. The molecule has 1 atom stereocenters. The highest BCUT2D eigenvalue weighted by molar-refractivity contribution is 14.1. The number of hydrogen-bond acceptors (Lipinski definition) is 4. The summed E-state index contributed by atoms with van der Waals surface area (Å²) >= 11 is 5.59. The molecule has 2 aromatic heterocycles. The minimum atomic E-state index is 0.0730. The number of rotatable bonds is 1. The van der Waals surface area contributed by atoms with E-state index < -0.39 is 0 Å². The maximum atomic E-state index is 11.9. The topological polar surface area (TPSA) is 74.8 Å². The van der Waals surface area contributed by atoms with Crippen molar-refractivity contribution in [2.45, 2.75) is 11.2 Å². The minimum Gasteiger partial charge on any atom is -0.295 e. The molecule has 1 N–H and O–H groups in total. The van der Waals surface area contributed by atoms with Gasteiger partial charge >= 0.3 is 0 Å². The molecule has 2 aromatic rings. The van der Waals surface area contributed by atoms with Gasteiger partial charge in [-0.3, -0.25) is 14.8 Å². The Morgan fingerprint density at radius 1 is 1.53 bits per heavy atom. The Bertz CT molecular complexity index is 600. The highest BCUT2D eigenvalue weighted by Gasteiger charge is 2.31. The first kappa shape index (κ1) is 11.3. The second-order valence-electron chi connectivity index (χ2n) is 3.74. The van der Waals surface area contributed by atoms with E-state index in [0.717, 1.165) is 9.09 Å². The number of carbonyl (C=O) groups excluding carboxylic acids is 1. The van der Waals surface area contributed by atoms with Crippen molar-refractivity contribution in [3.05, 3.63) is 10.0 Å². The van der Waals surface area contributed by atoms with Gasteiger partial charge in [-0.05, 0) is 22.6 Å². The van der Waals surface area contributed by atoms with Crippen molar-refractivity contribution < 1.29 is 4.79 Å². The number of aromatic nitrogens is 4. The van der Waals surface area contributed by atoms with Crippen LogP contribution >= 0.6 is 38.5 Å². The van der Waals surface area contributed by atoms with Gasteiger partial charge in [0.05, 0.1) is 5.39 Å². The number of amides is 1. The molecule has 0 spiro atoms. The van der Waals surface area contributed by atoms with Crippen molar-refractivity contribution in [3.63, 3.8) is 0 Å². The average Bonchev–Trinajstić information content (AvgIpc) is 2.83. The van der Waals surface area contributed by atoms with E-state index in [1.165, 1.54) is 6.33 Å². The Hall–Kier alpha value is -0.770. The number of fused-ring (bicyclic) bond motifs is 1. The van der Waals surface area contributed by atoms with Gasteiger partial charge in [-0.1, -0.05) is 15.9 Å². The smallest absolute Gasteiger partial charge is 0.229 e. The van der Waals surface area contributed by atoms with Crippen molar-refractivity contribution in [2.75, 3.05) is 11.4 Å². The summed E-state index contributed by atoms with van der Waals surface area (Å²) in [6.07, 6.45) is 1.93. The first-order valence-electron chi connectivity index (χ1n) is 4.96. The molecule has 1 amide bonds. The standard InChI is InChI=1S/C9H7BrIN5O/c10-4-1-5(17)16(2-4)9-6-7(11)14-15-8(6)12-3-13-9/h3-4H,1-2H2,(H,12,13,14,15). The second kappa shape index (κ2) is 4.16. The van der Waals surface area contributed by atoms with Crippen molar-refractivity contribution in [1.82, 2.24) is 20.2 Å². The number of anilines is 1. The van der Waals surface area contributed by atoms with E-state index in [9.17, 15) is 4.79 Å². The van der Waals surface area contributed by atoms with E-state index in [1.54, 1.807) is 4.90 Å². The molecule has 6 nitrogen and oxygen atoms in total. The van der Waals surface area contributed by atoms with Crippen molar-refractivity contribution in [3.8, 4) is 0 Å². The SMILES string of the molecule is O=C1CC(Br)CN1c1ncnc2n[nH]c(I)c12. The van der Waals surface area contributed by atoms with E-state index in [4.69, 9.17) is 0 Å². The number of hydrogen-bond donors (Lipinski definition) is 1. The van der Waals surface area contributed by atoms with Crippen LogP contribution in [0.25, 0.3) is 11.0 Å². The van der Waals surface area contributed by atoms with E-state index in [2.05, 4.69) is 58.7 Å². The highest BCUT2D eigenvalue weighted by Crippen LogP contribution is 2.30. The van der Waals surface area contributed by atoms with Gasteiger partial charge in [-0.25, -0.2) is 9.97 Å². The summed E-state index contributed by atoms with van der Waals surface area (Å²) in [4.78, 5) is 22.0. The number of alkyl halides is 1. The van der Waals surface area contributed by atoms with Crippen LogP contribution in [-0.2, 0) is 4.79 Å². The Morgan fingerprint density at radius 3 is 3.06 bits per heavy atom. The van der Waals surface area contributed by atoms with Gasteiger partial charge in [0.2, 0.25) is 5.91 Å². The van der Waals surface area contributed by atoms with E-state index in [1.807, 2.05) is 0 Å². The zero-order valence-corrected chi connectivity index (χ0v) is 12.3. The van der Waals surface area contributed by atoms with Crippen LogP contribution in [0.1, 0.15) is 6.42 Å². The molecule has 1 aliphatic heterocycles. The first-order chi connectivity index (χ1) is 8.16. The zero-order chi connectivity index (χ0) is 12.0. The van der Waals surface area contributed by atoms with Crippen molar-refractivity contribution in [2.24, 2.45) is 0 Å². The Balaban J connectivity index is 2.17. The van der Waals surface area contributed by atoms with Gasteiger partial charge in [-0.15, -0.1) is 0 Å². The fraction of sp³-hybridized carbons (Fsp3) is 0.333. The lowest BCUT2D eigenvalue weighted by Gasteiger charge is -2.14. The molecule has 0 aromatic carbocycles. The van der Waals surface area contributed by atoms with E-state index in [-0.39, 0.29) is 10.7 Å². The Labute approximate surface area is 118 Å². The quantitative estimate of drug-likeness (QED) is 0.573. The molecule has 3 heterocycles. The number of nitrogens with one attached hydrogen (secondary N) is 1. The lowest BCUT2D eigenvalue weighted by Crippen LogP contribution is -2.26. The summed E-state index contributed by atoms with van der Waals surface area (Å²) in [6.45, 7) is 0.631. The average molecular weight is 408 g/mol. The van der Waals surface area contributed by atoms with Crippen LogP contribution in [0.15, 0.2) is 6.33 Å². The summed E-state index contributed by atoms with van der Waals surface area (Å²) in [5, 5.41) is 7.72. The lowest BCUT2D eigenvalue weighted by atomic mass is 10.3. The van der Waals surface area contributed by atoms with Crippen LogP contribution in [-0.4, -0.2) is 37.4 Å². The number of nitrogens with zero attached hydrogens (tertiary/aromatic N) is 4. The second-order valence-corrected chi connectivity index (χ2v) is 6.11. The summed E-state index contributed by atoms with van der Waals surface area (Å²) in [5.74, 6) is 0.712. The van der Waals surface area contributed by atoms with Gasteiger partial charge in [0.1, 0.15) is 10.0 Å². The monoisotopic (exact) mass is 407 g/mol. The van der Waals surface area contributed by atoms with Gasteiger partial charge in [-0.2, -0.15) is 5.10 Å². The lowest BCUT2D eigenvalue weighted by molar-refractivity contribution is -0.117. The first-order valence-corrected chi connectivity index (χ1v) is 6.95. The summed E-state index contributed by atoms with van der Waals surface area (Å²) < 4.78 is 0.846. The predicted molar refractivity (Wildman–Crippen MR) is 74.1 cm³/mol. The van der Waals surface area contributed by atoms with Crippen molar-refractivity contribution >= 4 is 61.3 Å². The third-order valence-electron chi connectivity index (χ3n) is 2.62. The maximum absolute atomic E-state index is 11.9. The molecule has 1 unspecified atom stereocenters. The molecule has 0 aliphatic carbocycles. The molecule has 88 valence electrons. The van der Waals surface area contributed by atoms with E-state index in [0.29, 0.717) is 24.4 Å². The van der Waals surface area contributed by atoms with Gasteiger partial charge in [0, 0.05) is 17.8 Å². The number of halogens is 2. The van der Waals surface area contributed by atoms with Crippen molar-refractivity contribution in [1.29, 1.82) is 0 Å². The molecule has 0 saturated carbocycles. The largest absolute Gasteiger partial charge is 0.295 e. The number of H-pyrrole nitrogens is 1. The molecule has 0 radical (unpaired) electrons. The van der Waals surface area contributed by atoms with Gasteiger partial charge in [0.15, 0.2) is 11.5 Å². The van der Waals surface area contributed by atoms with Gasteiger partial charge in [0.25, 0.3) is 0 Å². The van der Waals surface area contributed by atoms with Crippen LogP contribution in [0.5, 0.6) is 0 Å². The number of aromatic amines is 1. The summed E-state index contributed by atoms with van der Waals surface area (Å²) in [6, 6.07) is 0. The molecule has 8 heteroatoms. The number of carbonyl (C=O) groups is 1. The Morgan fingerprint density at radius 2 is 2.35 bits per heavy atom. The third-order valence-corrected chi connectivity index (χ3v) is 4.01. The zero-order valence-electron chi connectivity index (χ0n) is 8.52. The van der Waals surface area contributed by atoms with Crippen LogP contribution in [0.4, 0.5) is 5.82 Å². The minimum absolute atomic E-state index is 0.0730. The van der Waals surface area contributed by atoms with Crippen LogP contribution in [0, 0.1) is 3.70 Å². The molecule has 3 rings (SSSR count). The van der Waals surface area contributed by atoms with Crippen LogP contribution in [0.2, 0.25) is 0 Å². The summed E-state index contributed by atoms with van der Waals surface area (Å²) in [7, 11) is 0. The Kier molecular flexibility index (Phi) is 2.77. The van der Waals surface area contributed by atoms with E-state index >= 15 is 0 Å². The molecule has 0 bridgehead atoms. The van der Waals surface area contributed by atoms with Crippen LogP contribution in [0.3, 0.4) is 0 Å². The van der Waals surface area contributed by atoms with Gasteiger partial charge < -0.3 is 0 Å². The summed E-state index contributed by atoms with van der Waals surface area (Å²) in [5.41, 5.74) is 0.588. The molecular formula is C9H7BrIN5O. The highest BCUT2D eigenvalue weighted by atomic mass is 127. The molecule has 1 fully saturated rings. The fourth-order valence-corrected chi connectivity index (χ4v) is 3.05. The van der Waals surface area contributed by atoms with Crippen LogP contribution < -0.4 is 4.90 Å².